The van der Waals surface area contributed by atoms with E-state index in [2.05, 4.69) is 36.7 Å². The third-order valence-corrected chi connectivity index (χ3v) is 11.2. The average molecular weight is 648 g/mol. The molecule has 1 aliphatic heterocycles. The minimum absolute atomic E-state index is 0.144. The van der Waals surface area contributed by atoms with Crippen molar-refractivity contribution in [1.82, 2.24) is 15.1 Å². The SMILES string of the molecule is Cc1ccc(-n2nc(C(C)(C)C)cc2NC(=O)Nc2ccccc2C(C2CCNCC2)S(=O)(=O)c2cc(C)c(Cl)cc2C)cc1. The topological polar surface area (TPSA) is 105 Å². The van der Waals surface area contributed by atoms with E-state index in [1.165, 1.54) is 0 Å². The van der Waals surface area contributed by atoms with E-state index in [1.807, 2.05) is 56.3 Å². The standard InChI is InChI=1S/C35H42ClN5O3S/c1-22-11-13-26(14-12-22)41-32(21-31(40-41)35(4,5)6)39-34(42)38-29-10-8-7-9-27(29)33(25-15-17-37-18-16-25)45(43,44)30-20-23(2)28(36)19-24(30)3/h7-14,19-21,25,33,37H,15-18H2,1-6H3,(H2,38,39,42). The van der Waals surface area contributed by atoms with Crippen LogP contribution in [0.25, 0.3) is 5.69 Å². The quantitative estimate of drug-likeness (QED) is 0.189. The fourth-order valence-electron chi connectivity index (χ4n) is 5.87. The maximum atomic E-state index is 14.6. The molecule has 45 heavy (non-hydrogen) atoms. The minimum atomic E-state index is -3.87. The van der Waals surface area contributed by atoms with Crippen LogP contribution in [0, 0.1) is 26.7 Å². The minimum Gasteiger partial charge on any atom is -0.317 e. The second kappa shape index (κ2) is 13.0. The molecule has 4 aromatic rings. The smallest absolute Gasteiger partial charge is 0.317 e. The summed E-state index contributed by atoms with van der Waals surface area (Å²) in [6, 6.07) is 19.9. The molecule has 8 nitrogen and oxygen atoms in total. The number of anilines is 2. The van der Waals surface area contributed by atoms with E-state index in [-0.39, 0.29) is 16.2 Å². The van der Waals surface area contributed by atoms with Gasteiger partial charge < -0.3 is 10.6 Å². The van der Waals surface area contributed by atoms with Crippen LogP contribution in [0.4, 0.5) is 16.3 Å². The number of carbonyl (C=O) groups is 1. The van der Waals surface area contributed by atoms with Crippen LogP contribution in [-0.2, 0) is 15.3 Å². The van der Waals surface area contributed by atoms with Gasteiger partial charge in [-0.25, -0.2) is 17.9 Å². The Bertz CT molecular complexity index is 1800. The molecule has 0 saturated carbocycles. The fraction of sp³-hybridized carbons (Fsp3) is 0.371. The Morgan fingerprint density at radius 1 is 0.956 bits per heavy atom. The Labute approximate surface area is 271 Å². The lowest BCUT2D eigenvalue weighted by Gasteiger charge is -2.32. The van der Waals surface area contributed by atoms with E-state index >= 15 is 0 Å². The van der Waals surface area contributed by atoms with Crippen molar-refractivity contribution >= 4 is 39.0 Å². The molecule has 2 amide bonds. The number of urea groups is 1. The highest BCUT2D eigenvalue weighted by Crippen LogP contribution is 2.43. The summed E-state index contributed by atoms with van der Waals surface area (Å²) in [6.45, 7) is 13.3. The molecule has 0 spiro atoms. The van der Waals surface area contributed by atoms with Crippen molar-refractivity contribution in [3.63, 3.8) is 0 Å². The van der Waals surface area contributed by atoms with Crippen LogP contribution in [0.5, 0.6) is 0 Å². The third-order valence-electron chi connectivity index (χ3n) is 8.42. The zero-order valence-corrected chi connectivity index (χ0v) is 28.3. The highest BCUT2D eigenvalue weighted by Gasteiger charge is 2.39. The van der Waals surface area contributed by atoms with E-state index in [0.29, 0.717) is 46.1 Å². The molecule has 5 rings (SSSR count). The fourth-order valence-corrected chi connectivity index (χ4v) is 8.53. The van der Waals surface area contributed by atoms with Crippen molar-refractivity contribution in [2.24, 2.45) is 5.92 Å². The first-order valence-corrected chi connectivity index (χ1v) is 17.2. The van der Waals surface area contributed by atoms with E-state index < -0.39 is 21.1 Å². The Kier molecular flexibility index (Phi) is 9.44. The van der Waals surface area contributed by atoms with Crippen molar-refractivity contribution in [3.8, 4) is 5.69 Å². The summed E-state index contributed by atoms with van der Waals surface area (Å²) in [5.74, 6) is 0.364. The molecular weight excluding hydrogens is 606 g/mol. The van der Waals surface area contributed by atoms with Gasteiger partial charge in [0.05, 0.1) is 21.5 Å². The molecular formula is C35H42ClN5O3S. The number of para-hydroxylation sites is 1. The number of benzene rings is 3. The number of halogens is 1. The molecule has 238 valence electrons. The van der Waals surface area contributed by atoms with Crippen molar-refractivity contribution in [2.45, 2.75) is 69.9 Å². The lowest BCUT2D eigenvalue weighted by Crippen LogP contribution is -2.34. The number of piperidine rings is 1. The van der Waals surface area contributed by atoms with Crippen LogP contribution in [0.3, 0.4) is 0 Å². The molecule has 1 fully saturated rings. The number of carbonyl (C=O) groups excluding carboxylic acids is 1. The van der Waals surface area contributed by atoms with Gasteiger partial charge in [-0.05, 0) is 99.6 Å². The number of aryl methyl sites for hydroxylation is 3. The molecule has 0 aliphatic carbocycles. The second-order valence-corrected chi connectivity index (χ2v) is 15.4. The summed E-state index contributed by atoms with van der Waals surface area (Å²) >= 11 is 6.35. The van der Waals surface area contributed by atoms with Gasteiger partial charge in [-0.3, -0.25) is 5.32 Å². The van der Waals surface area contributed by atoms with E-state index in [1.54, 1.807) is 35.9 Å². The maximum absolute atomic E-state index is 14.6. The van der Waals surface area contributed by atoms with Gasteiger partial charge in [0.15, 0.2) is 9.84 Å². The molecule has 2 heterocycles. The van der Waals surface area contributed by atoms with E-state index in [9.17, 15) is 13.2 Å². The average Bonchev–Trinajstić information content (AvgIpc) is 3.41. The highest BCUT2D eigenvalue weighted by atomic mass is 35.5. The van der Waals surface area contributed by atoms with E-state index in [4.69, 9.17) is 16.7 Å². The van der Waals surface area contributed by atoms with Crippen molar-refractivity contribution in [3.05, 3.63) is 99.7 Å². The van der Waals surface area contributed by atoms with Gasteiger partial charge in [-0.2, -0.15) is 5.10 Å². The largest absolute Gasteiger partial charge is 0.324 e. The second-order valence-electron chi connectivity index (χ2n) is 13.0. The monoisotopic (exact) mass is 647 g/mol. The molecule has 10 heteroatoms. The van der Waals surface area contributed by atoms with Crippen LogP contribution in [0.15, 0.2) is 71.6 Å². The highest BCUT2D eigenvalue weighted by molar-refractivity contribution is 7.91. The number of sulfone groups is 1. The van der Waals surface area contributed by atoms with Gasteiger partial charge in [0.2, 0.25) is 0 Å². The van der Waals surface area contributed by atoms with Crippen LogP contribution in [0.1, 0.15) is 66.8 Å². The Morgan fingerprint density at radius 3 is 2.29 bits per heavy atom. The van der Waals surface area contributed by atoms with Crippen LogP contribution in [-0.4, -0.2) is 37.3 Å². The zero-order chi connectivity index (χ0) is 32.5. The van der Waals surface area contributed by atoms with Crippen molar-refractivity contribution < 1.29 is 13.2 Å². The van der Waals surface area contributed by atoms with Crippen LogP contribution in [0.2, 0.25) is 5.02 Å². The molecule has 0 radical (unpaired) electrons. The normalized spacial score (nSPS) is 15.1. The first kappa shape index (κ1) is 32.7. The first-order valence-electron chi connectivity index (χ1n) is 15.3. The van der Waals surface area contributed by atoms with Gasteiger partial charge in [0.1, 0.15) is 5.82 Å². The van der Waals surface area contributed by atoms with Gasteiger partial charge >= 0.3 is 6.03 Å². The van der Waals surface area contributed by atoms with Crippen LogP contribution >= 0.6 is 11.6 Å². The number of hydrogen-bond donors (Lipinski definition) is 3. The molecule has 1 unspecified atom stereocenters. The maximum Gasteiger partial charge on any atom is 0.324 e. The summed E-state index contributed by atoms with van der Waals surface area (Å²) in [6.07, 6.45) is 1.39. The van der Waals surface area contributed by atoms with E-state index in [0.717, 1.165) is 30.0 Å². The number of nitrogens with zero attached hydrogens (tertiary/aromatic N) is 2. The molecule has 3 N–H and O–H groups in total. The summed E-state index contributed by atoms with van der Waals surface area (Å²) < 4.78 is 30.9. The van der Waals surface area contributed by atoms with Crippen molar-refractivity contribution in [2.75, 3.05) is 23.7 Å². The Hall–Kier alpha value is -3.66. The number of amides is 2. The lowest BCUT2D eigenvalue weighted by atomic mass is 9.89. The van der Waals surface area contributed by atoms with Crippen molar-refractivity contribution in [1.29, 1.82) is 0 Å². The Morgan fingerprint density at radius 2 is 1.62 bits per heavy atom. The molecule has 0 bridgehead atoms. The predicted octanol–water partition coefficient (Wildman–Crippen LogP) is 7.91. The zero-order valence-electron chi connectivity index (χ0n) is 26.7. The first-order chi connectivity index (χ1) is 21.3. The number of nitrogens with one attached hydrogen (secondary N) is 3. The van der Waals surface area contributed by atoms with Gasteiger partial charge in [-0.15, -0.1) is 0 Å². The molecule has 3 aromatic carbocycles. The number of hydrogen-bond acceptors (Lipinski definition) is 5. The van der Waals surface area contributed by atoms with Gasteiger partial charge in [0.25, 0.3) is 0 Å². The lowest BCUT2D eigenvalue weighted by molar-refractivity contribution is 0.262. The van der Waals surface area contributed by atoms with Gasteiger partial charge in [-0.1, -0.05) is 68.3 Å². The molecule has 1 saturated heterocycles. The Balaban J connectivity index is 1.52. The summed E-state index contributed by atoms with van der Waals surface area (Å²) in [5.41, 5.74) is 4.83. The van der Waals surface area contributed by atoms with Crippen LogP contribution < -0.4 is 16.0 Å². The number of rotatable bonds is 7. The summed E-state index contributed by atoms with van der Waals surface area (Å²) in [5, 5.41) is 13.8. The predicted molar refractivity (Wildman–Crippen MR) is 183 cm³/mol. The molecule has 1 aliphatic rings. The number of aromatic nitrogens is 2. The third kappa shape index (κ3) is 7.11. The summed E-state index contributed by atoms with van der Waals surface area (Å²) in [7, 11) is -3.87. The molecule has 1 aromatic heterocycles. The van der Waals surface area contributed by atoms with Gasteiger partial charge in [0, 0.05) is 22.2 Å². The summed E-state index contributed by atoms with van der Waals surface area (Å²) in [4.78, 5) is 13.9. The molecule has 1 atom stereocenters.